The molecular weight excluding hydrogens is 392 g/mol. The van der Waals surface area contributed by atoms with Gasteiger partial charge in [-0.05, 0) is 42.2 Å². The van der Waals surface area contributed by atoms with Gasteiger partial charge in [0.2, 0.25) is 10.0 Å². The van der Waals surface area contributed by atoms with Crippen LogP contribution in [0.5, 0.6) is 0 Å². The van der Waals surface area contributed by atoms with Crippen molar-refractivity contribution in [1.82, 2.24) is 4.31 Å². The van der Waals surface area contributed by atoms with Gasteiger partial charge in [0.25, 0.3) is 5.91 Å². The van der Waals surface area contributed by atoms with Gasteiger partial charge in [-0.15, -0.1) is 0 Å². The van der Waals surface area contributed by atoms with Gasteiger partial charge in [0.1, 0.15) is 0 Å². The van der Waals surface area contributed by atoms with Crippen molar-refractivity contribution in [2.24, 2.45) is 11.8 Å². The Morgan fingerprint density at radius 1 is 1.10 bits per heavy atom. The summed E-state index contributed by atoms with van der Waals surface area (Å²) in [6, 6.07) is 15.2. The Bertz CT molecular complexity index is 974. The second-order valence-electron chi connectivity index (χ2n) is 7.25. The fraction of sp³-hybridized carbons (Fsp3) is 0.333. The number of hydrogen-bond donors (Lipinski definition) is 1. The van der Waals surface area contributed by atoms with Crippen LogP contribution in [0.3, 0.4) is 0 Å². The summed E-state index contributed by atoms with van der Waals surface area (Å²) in [5.41, 5.74) is 1.31. The van der Waals surface area contributed by atoms with Gasteiger partial charge in [-0.3, -0.25) is 9.59 Å². The number of rotatable bonds is 8. The fourth-order valence-corrected chi connectivity index (χ4v) is 4.07. The number of ether oxygens (including phenoxy) is 1. The Morgan fingerprint density at radius 3 is 2.31 bits per heavy atom. The lowest BCUT2D eigenvalue weighted by molar-refractivity contribution is -0.148. The molecule has 1 saturated carbocycles. The van der Waals surface area contributed by atoms with Crippen LogP contribution in [0.1, 0.15) is 18.9 Å². The van der Waals surface area contributed by atoms with Crippen LogP contribution in [0, 0.1) is 11.8 Å². The molecule has 154 valence electrons. The number of nitrogens with zero attached hydrogens (tertiary/aromatic N) is 1. The number of carbonyl (C=O) groups is 2. The number of carbonyl (C=O) groups excluding carboxylic acids is 2. The molecule has 0 heterocycles. The first kappa shape index (κ1) is 21.0. The highest BCUT2D eigenvalue weighted by Crippen LogP contribution is 2.38. The van der Waals surface area contributed by atoms with E-state index >= 15 is 0 Å². The van der Waals surface area contributed by atoms with Crippen LogP contribution >= 0.6 is 0 Å². The van der Waals surface area contributed by atoms with E-state index in [1.54, 1.807) is 0 Å². The monoisotopic (exact) mass is 416 g/mol. The van der Waals surface area contributed by atoms with E-state index in [0.717, 1.165) is 12.0 Å². The number of amides is 1. The number of esters is 1. The first-order valence-electron chi connectivity index (χ1n) is 9.34. The van der Waals surface area contributed by atoms with E-state index < -0.39 is 15.9 Å². The summed E-state index contributed by atoms with van der Waals surface area (Å²) in [5.74, 6) is -0.598. The largest absolute Gasteiger partial charge is 0.455 e. The summed E-state index contributed by atoms with van der Waals surface area (Å²) < 4.78 is 31.7. The second-order valence-corrected chi connectivity index (χ2v) is 9.29. The zero-order chi connectivity index (χ0) is 21.0. The molecule has 7 nitrogen and oxygen atoms in total. The van der Waals surface area contributed by atoms with Gasteiger partial charge in [0, 0.05) is 19.3 Å². The average molecular weight is 416 g/mol. The Kier molecular flexibility index (Phi) is 6.34. The highest BCUT2D eigenvalue weighted by Gasteiger charge is 2.40. The van der Waals surface area contributed by atoms with Gasteiger partial charge >= 0.3 is 5.97 Å². The first-order chi connectivity index (χ1) is 13.8. The van der Waals surface area contributed by atoms with E-state index in [2.05, 4.69) is 5.32 Å². The molecule has 0 saturated heterocycles. The third-order valence-corrected chi connectivity index (χ3v) is 6.67. The van der Waals surface area contributed by atoms with Crippen LogP contribution in [0.2, 0.25) is 0 Å². The number of nitrogens with one attached hydrogen (secondary N) is 1. The Balaban J connectivity index is 1.55. The van der Waals surface area contributed by atoms with Crippen molar-refractivity contribution in [3.05, 3.63) is 60.2 Å². The average Bonchev–Trinajstić information content (AvgIpc) is 3.44. The van der Waals surface area contributed by atoms with Crippen molar-refractivity contribution in [2.75, 3.05) is 19.0 Å². The molecule has 0 aliphatic heterocycles. The van der Waals surface area contributed by atoms with Crippen molar-refractivity contribution in [1.29, 1.82) is 0 Å². The molecule has 1 amide bonds. The smallest absolute Gasteiger partial charge is 0.309 e. The number of hydrogen-bond acceptors (Lipinski definition) is 5. The normalized spacial score (nSPS) is 18.3. The summed E-state index contributed by atoms with van der Waals surface area (Å²) in [6.45, 7) is 1.85. The van der Waals surface area contributed by atoms with Gasteiger partial charge in [0.05, 0.1) is 10.8 Å². The zero-order valence-electron chi connectivity index (χ0n) is 16.4. The fourth-order valence-electron chi connectivity index (χ4n) is 2.91. The lowest BCUT2D eigenvalue weighted by atomic mass is 10.2. The third-order valence-electron chi connectivity index (χ3n) is 4.85. The molecule has 0 radical (unpaired) electrons. The van der Waals surface area contributed by atoms with E-state index in [0.29, 0.717) is 11.6 Å². The molecule has 3 rings (SSSR count). The van der Waals surface area contributed by atoms with Crippen molar-refractivity contribution in [3.8, 4) is 0 Å². The number of anilines is 1. The van der Waals surface area contributed by atoms with Crippen molar-refractivity contribution < 1.29 is 22.7 Å². The van der Waals surface area contributed by atoms with Gasteiger partial charge < -0.3 is 10.1 Å². The maximum absolute atomic E-state index is 12.7. The highest BCUT2D eigenvalue weighted by atomic mass is 32.2. The molecule has 0 unspecified atom stereocenters. The van der Waals surface area contributed by atoms with Gasteiger partial charge in [0.15, 0.2) is 6.61 Å². The summed E-state index contributed by atoms with van der Waals surface area (Å²) in [6.07, 6.45) is 0.801. The molecule has 2 atom stereocenters. The quantitative estimate of drug-likeness (QED) is 0.668. The van der Waals surface area contributed by atoms with Crippen molar-refractivity contribution in [2.45, 2.75) is 24.8 Å². The van der Waals surface area contributed by atoms with Crippen LogP contribution in [-0.2, 0) is 30.9 Å². The minimum absolute atomic E-state index is 0.0971. The first-order valence-corrected chi connectivity index (χ1v) is 10.8. The topological polar surface area (TPSA) is 92.8 Å². The van der Waals surface area contributed by atoms with Gasteiger partial charge in [-0.2, -0.15) is 4.31 Å². The van der Waals surface area contributed by atoms with Crippen LogP contribution in [0.25, 0.3) is 0 Å². The maximum Gasteiger partial charge on any atom is 0.309 e. The molecule has 0 spiro atoms. The Morgan fingerprint density at radius 2 is 1.72 bits per heavy atom. The number of benzene rings is 2. The molecular formula is C21H24N2O5S. The molecule has 1 N–H and O–H groups in total. The summed E-state index contributed by atoms with van der Waals surface area (Å²) in [4.78, 5) is 23.7. The third kappa shape index (κ3) is 5.42. The van der Waals surface area contributed by atoms with Crippen molar-refractivity contribution >= 4 is 27.6 Å². The predicted octanol–water partition coefficient (Wildman–Crippen LogP) is 2.65. The van der Waals surface area contributed by atoms with Crippen LogP contribution in [-0.4, -0.2) is 38.3 Å². The van der Waals surface area contributed by atoms with Gasteiger partial charge in [-0.1, -0.05) is 37.3 Å². The van der Waals surface area contributed by atoms with Crippen LogP contribution < -0.4 is 5.32 Å². The molecule has 1 aliphatic carbocycles. The minimum Gasteiger partial charge on any atom is -0.455 e. The summed E-state index contributed by atoms with van der Waals surface area (Å²) >= 11 is 0. The molecule has 1 fully saturated rings. The van der Waals surface area contributed by atoms with Crippen LogP contribution in [0.4, 0.5) is 5.69 Å². The maximum atomic E-state index is 12.7. The van der Waals surface area contributed by atoms with E-state index in [9.17, 15) is 18.0 Å². The van der Waals surface area contributed by atoms with Crippen molar-refractivity contribution in [3.63, 3.8) is 0 Å². The Labute approximate surface area is 170 Å². The lowest BCUT2D eigenvalue weighted by Gasteiger charge is -2.17. The molecule has 2 aromatic carbocycles. The molecule has 8 heteroatoms. The van der Waals surface area contributed by atoms with E-state index in [-0.39, 0.29) is 29.9 Å². The molecule has 1 aliphatic rings. The minimum atomic E-state index is -3.66. The predicted molar refractivity (Wildman–Crippen MR) is 108 cm³/mol. The zero-order valence-corrected chi connectivity index (χ0v) is 17.2. The SMILES string of the molecule is C[C@@H]1C[C@H]1C(=O)OCC(=O)Nc1ccc(S(=O)(=O)N(C)Cc2ccccc2)cc1. The Hall–Kier alpha value is -2.71. The molecule has 29 heavy (non-hydrogen) atoms. The molecule has 0 bridgehead atoms. The van der Waals surface area contributed by atoms with E-state index in [1.807, 2.05) is 37.3 Å². The standard InChI is InChI=1S/C21H24N2O5S/c1-15-12-19(15)21(25)28-14-20(24)22-17-8-10-18(11-9-17)29(26,27)23(2)13-16-6-4-3-5-7-16/h3-11,15,19H,12-14H2,1-2H3,(H,22,24)/t15-,19-/m1/s1. The number of sulfonamides is 1. The van der Waals surface area contributed by atoms with Crippen LogP contribution in [0.15, 0.2) is 59.5 Å². The second kappa shape index (κ2) is 8.75. The lowest BCUT2D eigenvalue weighted by Crippen LogP contribution is -2.26. The summed E-state index contributed by atoms with van der Waals surface area (Å²) in [5, 5.41) is 2.59. The molecule has 0 aromatic heterocycles. The van der Waals surface area contributed by atoms with E-state index in [1.165, 1.54) is 35.6 Å². The highest BCUT2D eigenvalue weighted by molar-refractivity contribution is 7.89. The molecule has 2 aromatic rings. The summed E-state index contributed by atoms with van der Waals surface area (Å²) in [7, 11) is -2.14. The van der Waals surface area contributed by atoms with Gasteiger partial charge in [-0.25, -0.2) is 8.42 Å². The van der Waals surface area contributed by atoms with E-state index in [4.69, 9.17) is 4.74 Å².